The van der Waals surface area contributed by atoms with Crippen LogP contribution in [0.2, 0.25) is 0 Å². The lowest BCUT2D eigenvalue weighted by molar-refractivity contribution is 0.0544. The SMILES string of the molecule is CC1CCCN(C(=O)c2cncc(NN)n2)C1C. The minimum Gasteiger partial charge on any atom is -0.334 e. The molecular formula is C12H19N5O. The molecule has 6 heteroatoms. The number of hydrogen-bond donors (Lipinski definition) is 2. The van der Waals surface area contributed by atoms with Crippen LogP contribution in [-0.2, 0) is 0 Å². The Hall–Kier alpha value is -1.69. The van der Waals surface area contributed by atoms with Gasteiger partial charge in [0, 0.05) is 12.6 Å². The molecule has 1 saturated heterocycles. The van der Waals surface area contributed by atoms with Gasteiger partial charge in [-0.1, -0.05) is 6.92 Å². The summed E-state index contributed by atoms with van der Waals surface area (Å²) in [7, 11) is 0. The normalized spacial score (nSPS) is 23.8. The second kappa shape index (κ2) is 5.30. The van der Waals surface area contributed by atoms with Crippen molar-refractivity contribution >= 4 is 11.7 Å². The number of amides is 1. The van der Waals surface area contributed by atoms with Crippen molar-refractivity contribution in [3.05, 3.63) is 18.1 Å². The molecule has 0 aromatic carbocycles. The number of piperidine rings is 1. The van der Waals surface area contributed by atoms with Crippen molar-refractivity contribution in [3.8, 4) is 0 Å². The molecular weight excluding hydrogens is 230 g/mol. The number of carbonyl (C=O) groups excluding carboxylic acids is 1. The standard InChI is InChI=1S/C12H19N5O/c1-8-4-3-5-17(9(8)2)12(18)10-6-14-7-11(15-10)16-13/h6-9H,3-5,13H2,1-2H3,(H,15,16). The van der Waals surface area contributed by atoms with E-state index in [0.717, 1.165) is 13.0 Å². The molecule has 1 fully saturated rings. The first kappa shape index (κ1) is 12.8. The number of nitrogens with one attached hydrogen (secondary N) is 1. The van der Waals surface area contributed by atoms with E-state index < -0.39 is 0 Å². The van der Waals surface area contributed by atoms with E-state index in [1.54, 1.807) is 0 Å². The Bertz CT molecular complexity index is 436. The topological polar surface area (TPSA) is 84.1 Å². The summed E-state index contributed by atoms with van der Waals surface area (Å²) in [6.45, 7) is 5.04. The summed E-state index contributed by atoms with van der Waals surface area (Å²) >= 11 is 0. The number of hydrazine groups is 1. The smallest absolute Gasteiger partial charge is 0.274 e. The first-order chi connectivity index (χ1) is 8.63. The zero-order valence-electron chi connectivity index (χ0n) is 10.8. The lowest BCUT2D eigenvalue weighted by atomic mass is 9.92. The van der Waals surface area contributed by atoms with E-state index in [2.05, 4.69) is 29.2 Å². The molecule has 1 aromatic heterocycles. The Morgan fingerprint density at radius 2 is 2.28 bits per heavy atom. The average molecular weight is 249 g/mol. The van der Waals surface area contributed by atoms with Crippen LogP contribution in [-0.4, -0.2) is 33.4 Å². The Balaban J connectivity index is 2.19. The van der Waals surface area contributed by atoms with Crippen molar-refractivity contribution in [2.45, 2.75) is 32.7 Å². The van der Waals surface area contributed by atoms with Gasteiger partial charge in [-0.2, -0.15) is 0 Å². The molecule has 98 valence electrons. The molecule has 1 aromatic rings. The third-order valence-corrected chi connectivity index (χ3v) is 3.64. The van der Waals surface area contributed by atoms with Crippen LogP contribution in [0.5, 0.6) is 0 Å². The second-order valence-electron chi connectivity index (χ2n) is 4.79. The highest BCUT2D eigenvalue weighted by molar-refractivity contribution is 5.92. The highest BCUT2D eigenvalue weighted by Gasteiger charge is 2.29. The van der Waals surface area contributed by atoms with Gasteiger partial charge >= 0.3 is 0 Å². The van der Waals surface area contributed by atoms with Crippen molar-refractivity contribution in [3.63, 3.8) is 0 Å². The number of hydrogen-bond acceptors (Lipinski definition) is 5. The maximum atomic E-state index is 12.4. The summed E-state index contributed by atoms with van der Waals surface area (Å²) in [5.41, 5.74) is 2.74. The molecule has 2 atom stereocenters. The summed E-state index contributed by atoms with van der Waals surface area (Å²) in [4.78, 5) is 22.4. The lowest BCUT2D eigenvalue weighted by Crippen LogP contribution is -2.46. The van der Waals surface area contributed by atoms with E-state index in [0.29, 0.717) is 17.4 Å². The third-order valence-electron chi connectivity index (χ3n) is 3.64. The number of anilines is 1. The van der Waals surface area contributed by atoms with Crippen molar-refractivity contribution < 1.29 is 4.79 Å². The van der Waals surface area contributed by atoms with Crippen LogP contribution in [0, 0.1) is 5.92 Å². The molecule has 0 radical (unpaired) electrons. The third kappa shape index (κ3) is 2.43. The Kier molecular flexibility index (Phi) is 3.76. The fourth-order valence-electron chi connectivity index (χ4n) is 2.31. The molecule has 0 bridgehead atoms. The van der Waals surface area contributed by atoms with E-state index in [4.69, 9.17) is 5.84 Å². The Labute approximate surface area is 107 Å². The van der Waals surface area contributed by atoms with Gasteiger partial charge in [-0.05, 0) is 25.7 Å². The number of likely N-dealkylation sites (tertiary alicyclic amines) is 1. The molecule has 3 N–H and O–H groups in total. The number of aromatic nitrogens is 2. The van der Waals surface area contributed by atoms with E-state index in [1.807, 2.05) is 4.90 Å². The van der Waals surface area contributed by atoms with Crippen molar-refractivity contribution in [1.29, 1.82) is 0 Å². The predicted molar refractivity (Wildman–Crippen MR) is 68.7 cm³/mol. The van der Waals surface area contributed by atoms with Crippen molar-refractivity contribution in [2.75, 3.05) is 12.0 Å². The number of nitrogens with two attached hydrogens (primary N) is 1. The zero-order valence-corrected chi connectivity index (χ0v) is 10.8. The summed E-state index contributed by atoms with van der Waals surface area (Å²) in [6.07, 6.45) is 5.18. The summed E-state index contributed by atoms with van der Waals surface area (Å²) in [6, 6.07) is 0.238. The molecule has 18 heavy (non-hydrogen) atoms. The number of carbonyl (C=O) groups is 1. The monoisotopic (exact) mass is 249 g/mol. The molecule has 0 aliphatic carbocycles. The number of nitrogen functional groups attached to an aromatic ring is 1. The van der Waals surface area contributed by atoms with Crippen LogP contribution in [0.3, 0.4) is 0 Å². The molecule has 1 aliphatic heterocycles. The van der Waals surface area contributed by atoms with E-state index in [1.165, 1.54) is 18.8 Å². The number of rotatable bonds is 2. The van der Waals surface area contributed by atoms with Gasteiger partial charge in [-0.3, -0.25) is 9.78 Å². The van der Waals surface area contributed by atoms with Gasteiger partial charge in [0.25, 0.3) is 5.91 Å². The fourth-order valence-corrected chi connectivity index (χ4v) is 2.31. The first-order valence-corrected chi connectivity index (χ1v) is 6.23. The summed E-state index contributed by atoms with van der Waals surface area (Å²) < 4.78 is 0. The molecule has 0 spiro atoms. The molecule has 0 saturated carbocycles. The van der Waals surface area contributed by atoms with Gasteiger partial charge in [0.1, 0.15) is 5.69 Å². The fraction of sp³-hybridized carbons (Fsp3) is 0.583. The van der Waals surface area contributed by atoms with Gasteiger partial charge in [0.15, 0.2) is 5.82 Å². The van der Waals surface area contributed by atoms with Crippen molar-refractivity contribution in [2.24, 2.45) is 11.8 Å². The highest BCUT2D eigenvalue weighted by atomic mass is 16.2. The minimum atomic E-state index is -0.0707. The van der Waals surface area contributed by atoms with Gasteiger partial charge < -0.3 is 10.3 Å². The van der Waals surface area contributed by atoms with E-state index in [9.17, 15) is 4.79 Å². The maximum Gasteiger partial charge on any atom is 0.274 e. The second-order valence-corrected chi connectivity index (χ2v) is 4.79. The number of nitrogens with zero attached hydrogens (tertiary/aromatic N) is 3. The van der Waals surface area contributed by atoms with E-state index >= 15 is 0 Å². The van der Waals surface area contributed by atoms with Crippen LogP contribution in [0.15, 0.2) is 12.4 Å². The van der Waals surface area contributed by atoms with Crippen LogP contribution in [0.1, 0.15) is 37.2 Å². The van der Waals surface area contributed by atoms with Crippen molar-refractivity contribution in [1.82, 2.24) is 14.9 Å². The van der Waals surface area contributed by atoms with Crippen LogP contribution >= 0.6 is 0 Å². The summed E-state index contributed by atoms with van der Waals surface area (Å²) in [5, 5.41) is 0. The first-order valence-electron chi connectivity index (χ1n) is 6.23. The molecule has 1 amide bonds. The lowest BCUT2D eigenvalue weighted by Gasteiger charge is -2.37. The zero-order chi connectivity index (χ0) is 13.1. The predicted octanol–water partition coefficient (Wildman–Crippen LogP) is 1.02. The van der Waals surface area contributed by atoms with Gasteiger partial charge in [-0.25, -0.2) is 10.8 Å². The van der Waals surface area contributed by atoms with Crippen LogP contribution in [0.4, 0.5) is 5.82 Å². The highest BCUT2D eigenvalue weighted by Crippen LogP contribution is 2.24. The molecule has 2 unspecified atom stereocenters. The molecule has 2 rings (SSSR count). The minimum absolute atomic E-state index is 0.0707. The quantitative estimate of drug-likeness (QED) is 0.604. The van der Waals surface area contributed by atoms with E-state index in [-0.39, 0.29) is 11.9 Å². The molecule has 6 nitrogen and oxygen atoms in total. The molecule has 2 heterocycles. The average Bonchev–Trinajstić information content (AvgIpc) is 2.41. The van der Waals surface area contributed by atoms with Gasteiger partial charge in [0.2, 0.25) is 0 Å². The van der Waals surface area contributed by atoms with Gasteiger partial charge in [-0.15, -0.1) is 0 Å². The maximum absolute atomic E-state index is 12.4. The Morgan fingerprint density at radius 1 is 1.50 bits per heavy atom. The van der Waals surface area contributed by atoms with Crippen LogP contribution < -0.4 is 11.3 Å². The Morgan fingerprint density at radius 3 is 3.00 bits per heavy atom. The van der Waals surface area contributed by atoms with Gasteiger partial charge in [0.05, 0.1) is 12.4 Å². The van der Waals surface area contributed by atoms with Crippen LogP contribution in [0.25, 0.3) is 0 Å². The largest absolute Gasteiger partial charge is 0.334 e. The molecule has 1 aliphatic rings. The summed E-state index contributed by atoms with van der Waals surface area (Å²) in [5.74, 6) is 6.12.